The highest BCUT2D eigenvalue weighted by Crippen LogP contribution is 2.28. The molecule has 5 heteroatoms. The Morgan fingerprint density at radius 1 is 1.17 bits per heavy atom. The van der Waals surface area contributed by atoms with Gasteiger partial charge in [-0.1, -0.05) is 12.1 Å². The van der Waals surface area contributed by atoms with E-state index in [0.29, 0.717) is 18.7 Å². The summed E-state index contributed by atoms with van der Waals surface area (Å²) in [5, 5.41) is 4.08. The van der Waals surface area contributed by atoms with Gasteiger partial charge in [-0.05, 0) is 34.5 Å². The number of piperazine rings is 1. The van der Waals surface area contributed by atoms with Crippen molar-refractivity contribution < 1.29 is 9.53 Å². The Morgan fingerprint density at radius 2 is 1.96 bits per heavy atom. The van der Waals surface area contributed by atoms with E-state index in [4.69, 9.17) is 4.74 Å². The number of thiophene rings is 1. The van der Waals surface area contributed by atoms with Gasteiger partial charge < -0.3 is 9.64 Å². The van der Waals surface area contributed by atoms with Gasteiger partial charge in [0.05, 0.1) is 19.3 Å². The van der Waals surface area contributed by atoms with E-state index >= 15 is 0 Å². The van der Waals surface area contributed by atoms with Gasteiger partial charge in [0.25, 0.3) is 0 Å². The lowest BCUT2D eigenvalue weighted by Crippen LogP contribution is -2.48. The molecule has 1 aliphatic rings. The van der Waals surface area contributed by atoms with Gasteiger partial charge in [-0.3, -0.25) is 9.69 Å². The number of methoxy groups -OCH3 is 1. The maximum Gasteiger partial charge on any atom is 0.151 e. The second-order valence-corrected chi connectivity index (χ2v) is 6.56. The Morgan fingerprint density at radius 3 is 2.65 bits per heavy atom. The number of para-hydroxylation sites is 2. The van der Waals surface area contributed by atoms with Crippen molar-refractivity contribution >= 4 is 22.8 Å². The third kappa shape index (κ3) is 4.12. The van der Waals surface area contributed by atoms with Crippen LogP contribution in [0.1, 0.15) is 5.56 Å². The molecule has 23 heavy (non-hydrogen) atoms. The highest BCUT2D eigenvalue weighted by molar-refractivity contribution is 7.08. The van der Waals surface area contributed by atoms with Gasteiger partial charge in [-0.15, -0.1) is 0 Å². The van der Waals surface area contributed by atoms with E-state index in [9.17, 15) is 4.79 Å². The number of Topliss-reactive ketones (excluding diaryl/α,β-unsaturated/α-hetero) is 1. The predicted molar refractivity (Wildman–Crippen MR) is 94.7 cm³/mol. The van der Waals surface area contributed by atoms with Gasteiger partial charge in [-0.2, -0.15) is 11.3 Å². The average Bonchev–Trinajstić information content (AvgIpc) is 3.08. The van der Waals surface area contributed by atoms with Crippen LogP contribution in [0.15, 0.2) is 41.1 Å². The van der Waals surface area contributed by atoms with E-state index < -0.39 is 0 Å². The number of ketones is 1. The fourth-order valence-electron chi connectivity index (χ4n) is 2.96. The maximum atomic E-state index is 12.2. The molecule has 1 aromatic heterocycles. The highest BCUT2D eigenvalue weighted by Gasteiger charge is 2.21. The Balaban J connectivity index is 1.51. The van der Waals surface area contributed by atoms with Crippen LogP contribution in [0.5, 0.6) is 5.75 Å². The van der Waals surface area contributed by atoms with Gasteiger partial charge in [0.15, 0.2) is 5.78 Å². The lowest BCUT2D eigenvalue weighted by Gasteiger charge is -2.36. The summed E-state index contributed by atoms with van der Waals surface area (Å²) < 4.78 is 5.44. The summed E-state index contributed by atoms with van der Waals surface area (Å²) in [5.41, 5.74) is 2.27. The topological polar surface area (TPSA) is 32.8 Å². The SMILES string of the molecule is COc1ccccc1N1CCN(CC(=O)Cc2ccsc2)CC1. The van der Waals surface area contributed by atoms with Crippen molar-refractivity contribution in [3.05, 3.63) is 46.7 Å². The molecule has 0 N–H and O–H groups in total. The smallest absolute Gasteiger partial charge is 0.151 e. The van der Waals surface area contributed by atoms with Crippen molar-refractivity contribution in [2.24, 2.45) is 0 Å². The van der Waals surface area contributed by atoms with Gasteiger partial charge in [-0.25, -0.2) is 0 Å². The summed E-state index contributed by atoms with van der Waals surface area (Å²) in [6.07, 6.45) is 0.552. The first-order valence-electron chi connectivity index (χ1n) is 7.89. The van der Waals surface area contributed by atoms with Crippen molar-refractivity contribution in [3.8, 4) is 5.75 Å². The molecule has 3 rings (SSSR count). The molecule has 0 bridgehead atoms. The van der Waals surface area contributed by atoms with E-state index in [0.717, 1.165) is 43.2 Å². The summed E-state index contributed by atoms with van der Waals surface area (Å²) in [4.78, 5) is 16.7. The Bertz CT molecular complexity index is 634. The Kier molecular flexibility index (Phi) is 5.31. The second-order valence-electron chi connectivity index (χ2n) is 5.78. The van der Waals surface area contributed by atoms with E-state index in [1.54, 1.807) is 18.4 Å². The minimum atomic E-state index is 0.300. The minimum Gasteiger partial charge on any atom is -0.495 e. The summed E-state index contributed by atoms with van der Waals surface area (Å²) in [6, 6.07) is 10.1. The minimum absolute atomic E-state index is 0.300. The summed E-state index contributed by atoms with van der Waals surface area (Å²) in [5.74, 6) is 1.21. The van der Waals surface area contributed by atoms with Crippen LogP contribution >= 0.6 is 11.3 Å². The number of ether oxygens (including phenoxy) is 1. The van der Waals surface area contributed by atoms with Crippen molar-refractivity contribution in [2.45, 2.75) is 6.42 Å². The molecule has 2 aromatic rings. The standard InChI is InChI=1S/C18H22N2O2S/c1-22-18-5-3-2-4-17(18)20-9-7-19(8-10-20)13-16(21)12-15-6-11-23-14-15/h2-6,11,14H,7-10,12-13H2,1H3. The third-order valence-electron chi connectivity index (χ3n) is 4.18. The highest BCUT2D eigenvalue weighted by atomic mass is 32.1. The molecule has 0 spiro atoms. The second kappa shape index (κ2) is 7.62. The van der Waals surface area contributed by atoms with Crippen LogP contribution in [-0.4, -0.2) is 50.5 Å². The van der Waals surface area contributed by atoms with Crippen LogP contribution in [0.3, 0.4) is 0 Å². The third-order valence-corrected chi connectivity index (χ3v) is 4.91. The molecule has 1 aromatic carbocycles. The summed E-state index contributed by atoms with van der Waals surface area (Å²) >= 11 is 1.64. The van der Waals surface area contributed by atoms with Crippen LogP contribution in [0, 0.1) is 0 Å². The zero-order chi connectivity index (χ0) is 16.1. The number of nitrogens with zero attached hydrogens (tertiary/aromatic N) is 2. The maximum absolute atomic E-state index is 12.2. The number of benzene rings is 1. The quantitative estimate of drug-likeness (QED) is 0.815. The predicted octanol–water partition coefficient (Wildman–Crippen LogP) is 2.69. The van der Waals surface area contributed by atoms with Gasteiger partial charge >= 0.3 is 0 Å². The van der Waals surface area contributed by atoms with Crippen LogP contribution in [0.25, 0.3) is 0 Å². The van der Waals surface area contributed by atoms with Crippen LogP contribution in [-0.2, 0) is 11.2 Å². The number of anilines is 1. The molecule has 122 valence electrons. The molecule has 4 nitrogen and oxygen atoms in total. The molecule has 0 atom stereocenters. The molecule has 0 saturated carbocycles. The van der Waals surface area contributed by atoms with Crippen molar-refractivity contribution in [2.75, 3.05) is 44.7 Å². The molecule has 2 heterocycles. The number of hydrogen-bond donors (Lipinski definition) is 0. The molecule has 0 aliphatic carbocycles. The first-order chi connectivity index (χ1) is 11.3. The number of carbonyl (C=O) groups is 1. The summed E-state index contributed by atoms with van der Waals surface area (Å²) in [6.45, 7) is 4.22. The van der Waals surface area contributed by atoms with Gasteiger partial charge in [0, 0.05) is 32.6 Å². The first-order valence-corrected chi connectivity index (χ1v) is 8.83. The number of hydrogen-bond acceptors (Lipinski definition) is 5. The van der Waals surface area contributed by atoms with Crippen LogP contribution < -0.4 is 9.64 Å². The van der Waals surface area contributed by atoms with E-state index in [1.165, 1.54) is 0 Å². The largest absolute Gasteiger partial charge is 0.495 e. The first kappa shape index (κ1) is 16.0. The molecule has 1 aliphatic heterocycles. The van der Waals surface area contributed by atoms with Crippen LogP contribution in [0.2, 0.25) is 0 Å². The molecule has 1 fully saturated rings. The number of carbonyl (C=O) groups excluding carboxylic acids is 1. The number of rotatable bonds is 6. The van der Waals surface area contributed by atoms with Crippen LogP contribution in [0.4, 0.5) is 5.69 Å². The molecular formula is C18H22N2O2S. The monoisotopic (exact) mass is 330 g/mol. The van der Waals surface area contributed by atoms with E-state index in [1.807, 2.05) is 29.6 Å². The van der Waals surface area contributed by atoms with Crippen molar-refractivity contribution in [1.29, 1.82) is 0 Å². The zero-order valence-electron chi connectivity index (χ0n) is 13.4. The van der Waals surface area contributed by atoms with Crippen molar-refractivity contribution in [3.63, 3.8) is 0 Å². The van der Waals surface area contributed by atoms with E-state index in [-0.39, 0.29) is 0 Å². The normalized spacial score (nSPS) is 15.6. The van der Waals surface area contributed by atoms with Gasteiger partial charge in [0.1, 0.15) is 5.75 Å². The Labute approximate surface area is 141 Å². The fraction of sp³-hybridized carbons (Fsp3) is 0.389. The molecular weight excluding hydrogens is 308 g/mol. The van der Waals surface area contributed by atoms with Crippen molar-refractivity contribution in [1.82, 2.24) is 4.90 Å². The molecule has 0 amide bonds. The lowest BCUT2D eigenvalue weighted by molar-refractivity contribution is -0.119. The molecule has 0 radical (unpaired) electrons. The summed E-state index contributed by atoms with van der Waals surface area (Å²) in [7, 11) is 1.71. The zero-order valence-corrected chi connectivity index (χ0v) is 14.2. The Hall–Kier alpha value is -1.85. The van der Waals surface area contributed by atoms with E-state index in [2.05, 4.69) is 21.2 Å². The van der Waals surface area contributed by atoms with Gasteiger partial charge in [0.2, 0.25) is 0 Å². The molecule has 0 unspecified atom stereocenters. The molecule has 1 saturated heterocycles. The fourth-order valence-corrected chi connectivity index (χ4v) is 3.63. The lowest BCUT2D eigenvalue weighted by atomic mass is 10.1. The average molecular weight is 330 g/mol.